The molecule has 0 spiro atoms. The maximum absolute atomic E-state index is 13.3. The summed E-state index contributed by atoms with van der Waals surface area (Å²) in [5.41, 5.74) is 3.74. The van der Waals surface area contributed by atoms with Gasteiger partial charge in [-0.3, -0.25) is 29.7 Å². The van der Waals surface area contributed by atoms with Crippen LogP contribution >= 0.6 is 0 Å². The third-order valence-electron chi connectivity index (χ3n) is 5.37. The van der Waals surface area contributed by atoms with E-state index in [-0.39, 0.29) is 39.0 Å². The van der Waals surface area contributed by atoms with Gasteiger partial charge in [0.05, 0.1) is 22.8 Å². The summed E-state index contributed by atoms with van der Waals surface area (Å²) in [4.78, 5) is 22.1. The third-order valence-corrected chi connectivity index (χ3v) is 5.37. The Morgan fingerprint density at radius 3 is 1.02 bits per heavy atom. The van der Waals surface area contributed by atoms with Crippen molar-refractivity contribution in [3.05, 3.63) is 120 Å². The fraction of sp³-hybridized carbons (Fsp3) is 0.310. The van der Waals surface area contributed by atoms with Crippen LogP contribution < -0.4 is 5.11 Å². The molecule has 9 nitrogen and oxygen atoms in total. The van der Waals surface area contributed by atoms with Gasteiger partial charge in [-0.2, -0.15) is 0 Å². The van der Waals surface area contributed by atoms with Crippen molar-refractivity contribution in [2.24, 2.45) is 0 Å². The third kappa shape index (κ3) is 14.9. The molecule has 0 fully saturated rings. The van der Waals surface area contributed by atoms with Crippen LogP contribution in [0.5, 0.6) is 0 Å². The number of hydrogen-bond donors (Lipinski definition) is 2. The Labute approximate surface area is 261 Å². The fourth-order valence-electron chi connectivity index (χ4n) is 3.89. The predicted octanol–water partition coefficient (Wildman–Crippen LogP) is 2.01. The van der Waals surface area contributed by atoms with E-state index in [9.17, 15) is 5.11 Å². The van der Waals surface area contributed by atoms with E-state index in [0.717, 1.165) is 22.8 Å². The molecule has 0 aliphatic carbocycles. The second kappa shape index (κ2) is 20.5. The first-order chi connectivity index (χ1) is 18.5. The topological polar surface area (TPSA) is 122 Å². The molecule has 11 heteroatoms. The average Bonchev–Trinajstić information content (AvgIpc) is 2.90. The van der Waals surface area contributed by atoms with Crippen LogP contribution in [0.2, 0.25) is 0 Å². The first kappa shape index (κ1) is 35.7. The van der Waals surface area contributed by atoms with Crippen molar-refractivity contribution >= 4 is 0 Å². The monoisotopic (exact) mass is 643 g/mol. The van der Waals surface area contributed by atoms with Gasteiger partial charge in [0.1, 0.15) is 6.29 Å². The van der Waals surface area contributed by atoms with Gasteiger partial charge >= 0.3 is 0 Å². The summed E-state index contributed by atoms with van der Waals surface area (Å²) in [6.07, 6.45) is 5.14. The fourth-order valence-corrected chi connectivity index (χ4v) is 3.89. The molecule has 204 valence electrons. The Kier molecular flexibility index (Phi) is 18.3. The van der Waals surface area contributed by atoms with Gasteiger partial charge in [0.25, 0.3) is 0 Å². The number of nitrogens with zero attached hydrogens (tertiary/aromatic N) is 6. The summed E-state index contributed by atoms with van der Waals surface area (Å²) >= 11 is 0. The Morgan fingerprint density at radius 1 is 0.575 bits per heavy atom. The normalized spacial score (nSPS) is 10.6. The summed E-state index contributed by atoms with van der Waals surface area (Å²) in [6, 6.07) is 23.4. The van der Waals surface area contributed by atoms with Crippen molar-refractivity contribution in [1.29, 1.82) is 0 Å². The molecule has 0 saturated heterocycles. The summed E-state index contributed by atoms with van der Waals surface area (Å²) in [5.74, 6) is 0. The molecule has 0 amide bonds. The molecule has 0 aliphatic rings. The van der Waals surface area contributed by atoms with Crippen molar-refractivity contribution < 1.29 is 54.3 Å². The van der Waals surface area contributed by atoms with Crippen LogP contribution in [0.4, 0.5) is 0 Å². The summed E-state index contributed by atoms with van der Waals surface area (Å²) in [7, 11) is 0. The van der Waals surface area contributed by atoms with E-state index in [1.165, 1.54) is 6.92 Å². The number of aliphatic hydroxyl groups excluding tert-OH is 1. The van der Waals surface area contributed by atoms with Crippen LogP contribution in [0.25, 0.3) is 0 Å². The van der Waals surface area contributed by atoms with Crippen molar-refractivity contribution in [2.75, 3.05) is 13.1 Å². The van der Waals surface area contributed by atoms with Gasteiger partial charge in [-0.1, -0.05) is 24.3 Å². The molecule has 0 aliphatic heterocycles. The van der Waals surface area contributed by atoms with Crippen molar-refractivity contribution in [2.45, 2.75) is 45.5 Å². The summed E-state index contributed by atoms with van der Waals surface area (Å²) in [5, 5.41) is 28.6. The van der Waals surface area contributed by atoms with Crippen LogP contribution in [0.3, 0.4) is 0 Å². The van der Waals surface area contributed by atoms with Crippen LogP contribution in [0.1, 0.15) is 29.7 Å². The molecule has 0 bridgehead atoms. The summed E-state index contributed by atoms with van der Waals surface area (Å²) < 4.78 is 0. The van der Waals surface area contributed by atoms with E-state index in [2.05, 4.69) is 29.7 Å². The quantitative estimate of drug-likeness (QED) is 0.176. The first-order valence-corrected chi connectivity index (χ1v) is 12.5. The number of aliphatic hydroxyl groups is 2. The molecule has 4 aromatic heterocycles. The van der Waals surface area contributed by atoms with E-state index < -0.39 is 12.4 Å². The zero-order valence-electron chi connectivity index (χ0n) is 23.0. The summed E-state index contributed by atoms with van der Waals surface area (Å²) in [6.45, 7) is 4.42. The zero-order valence-corrected chi connectivity index (χ0v) is 29.0. The number of rotatable bonds is 12. The minimum atomic E-state index is -1.17. The Bertz CT molecular complexity index is 975. The molecule has 2 N–H and O–H groups in total. The maximum Gasteiger partial charge on any atom is 0.148 e. The van der Waals surface area contributed by atoms with Gasteiger partial charge < -0.3 is 15.3 Å². The molecule has 0 radical (unpaired) electrons. The zero-order chi connectivity index (χ0) is 27.0. The smallest absolute Gasteiger partial charge is 0.148 e. The molecule has 4 aromatic rings. The second-order valence-corrected chi connectivity index (χ2v) is 8.88. The van der Waals surface area contributed by atoms with Crippen LogP contribution in [0.15, 0.2) is 97.6 Å². The van der Waals surface area contributed by atoms with E-state index >= 15 is 0 Å². The Hall–Kier alpha value is -2.35. The van der Waals surface area contributed by atoms with Crippen LogP contribution in [0, 0.1) is 0 Å². The van der Waals surface area contributed by atoms with Gasteiger partial charge in [-0.15, -0.1) is 6.10 Å². The number of aromatic nitrogens is 4. The van der Waals surface area contributed by atoms with Gasteiger partial charge in [-0.25, -0.2) is 0 Å². The first-order valence-electron chi connectivity index (χ1n) is 12.5. The van der Waals surface area contributed by atoms with Gasteiger partial charge in [0, 0.05) is 89.9 Å². The molecule has 4 heterocycles. The average molecular weight is 646 g/mol. The molecule has 0 aromatic carbocycles. The standard InChI is InChI=1S/C27H29N6O.C2H6O2.2Zn/c34-27(21-32(17-23-9-1-5-13-28-23)18-24-10-2-6-14-29-24)22-33(19-25-11-3-7-15-30-25)20-26-12-4-8-16-31-26;1-2(3)4;;/h1-16,27H,17-22H2;2-4H,1H3;;/q-1;;;. The number of pyridine rings is 4. The van der Waals surface area contributed by atoms with Gasteiger partial charge in [0.15, 0.2) is 0 Å². The largest absolute Gasteiger partial charge is 0.850 e. The SMILES string of the molecule is CC(O)O.[O-]C(CN(Cc1ccccn1)Cc1ccccn1)CN(Cc1ccccn1)Cc1ccccn1.[Zn].[Zn]. The van der Waals surface area contributed by atoms with Crippen LogP contribution in [-0.4, -0.2) is 65.4 Å². The van der Waals surface area contributed by atoms with Gasteiger partial charge in [0.2, 0.25) is 0 Å². The molecule has 40 heavy (non-hydrogen) atoms. The Balaban J connectivity index is 0.00000125. The van der Waals surface area contributed by atoms with E-state index in [0.29, 0.717) is 39.3 Å². The van der Waals surface area contributed by atoms with E-state index in [1.54, 1.807) is 24.8 Å². The number of hydrogen-bond acceptors (Lipinski definition) is 9. The van der Waals surface area contributed by atoms with E-state index in [1.807, 2.05) is 72.8 Å². The maximum atomic E-state index is 13.3. The van der Waals surface area contributed by atoms with E-state index in [4.69, 9.17) is 10.2 Å². The van der Waals surface area contributed by atoms with Crippen molar-refractivity contribution in [1.82, 2.24) is 29.7 Å². The predicted molar refractivity (Wildman–Crippen MR) is 143 cm³/mol. The Morgan fingerprint density at radius 2 is 0.825 bits per heavy atom. The molecule has 0 unspecified atom stereocenters. The van der Waals surface area contributed by atoms with Crippen LogP contribution in [-0.2, 0) is 65.1 Å². The molecule has 0 saturated carbocycles. The van der Waals surface area contributed by atoms with Crippen molar-refractivity contribution in [3.8, 4) is 0 Å². The van der Waals surface area contributed by atoms with Crippen molar-refractivity contribution in [3.63, 3.8) is 0 Å². The minimum absolute atomic E-state index is 0. The molecular weight excluding hydrogens is 611 g/mol. The second-order valence-electron chi connectivity index (χ2n) is 8.88. The molecular formula is C29H35N6O3Zn2-. The molecule has 0 atom stereocenters. The molecule has 4 rings (SSSR count). The van der Waals surface area contributed by atoms with Gasteiger partial charge in [-0.05, 0) is 68.5 Å². The minimum Gasteiger partial charge on any atom is -0.850 e.